The number of guanidine groups is 1. The fraction of sp³-hybridized carbons (Fsp3) is 0.263. The molecule has 0 heterocycles. The highest BCUT2D eigenvalue weighted by Crippen LogP contribution is 2.11. The first-order valence-electron chi connectivity index (χ1n) is 8.12. The van der Waals surface area contributed by atoms with Crippen molar-refractivity contribution in [1.82, 2.24) is 16.0 Å². The Kier molecular flexibility index (Phi) is 10.3. The molecule has 2 aromatic rings. The summed E-state index contributed by atoms with van der Waals surface area (Å²) in [5, 5.41) is 9.32. The Balaban J connectivity index is 0.00000338. The van der Waals surface area contributed by atoms with Crippen LogP contribution < -0.4 is 16.0 Å². The number of nitrogens with one attached hydrogen (secondary N) is 3. The highest BCUT2D eigenvalue weighted by molar-refractivity contribution is 14.0. The van der Waals surface area contributed by atoms with Gasteiger partial charge in [-0.15, -0.1) is 24.0 Å². The van der Waals surface area contributed by atoms with Crippen molar-refractivity contribution in [3.8, 4) is 0 Å². The average Bonchev–Trinajstić information content (AvgIpc) is 2.62. The van der Waals surface area contributed by atoms with Crippen LogP contribution in [0, 0.1) is 6.92 Å². The second-order valence-electron chi connectivity index (χ2n) is 5.60. The molecule has 0 fully saturated rings. The van der Waals surface area contributed by atoms with Crippen molar-refractivity contribution in [2.45, 2.75) is 13.5 Å². The molecule has 26 heavy (non-hydrogen) atoms. The number of benzene rings is 2. The predicted molar refractivity (Wildman–Crippen MR) is 121 cm³/mol. The molecule has 0 saturated heterocycles. The van der Waals surface area contributed by atoms with Gasteiger partial charge >= 0.3 is 0 Å². The molecule has 0 aromatic heterocycles. The molecule has 0 aliphatic heterocycles. The summed E-state index contributed by atoms with van der Waals surface area (Å²) in [6.07, 6.45) is 0. The number of carbonyl (C=O) groups excluding carboxylic acids is 1. The minimum absolute atomic E-state index is 0. The Labute approximate surface area is 180 Å². The average molecular weight is 531 g/mol. The number of aryl methyl sites for hydroxylation is 1. The van der Waals surface area contributed by atoms with Gasteiger partial charge in [0.25, 0.3) is 5.91 Å². The second-order valence-corrected chi connectivity index (χ2v) is 6.52. The molecule has 0 radical (unpaired) electrons. The largest absolute Gasteiger partial charge is 0.355 e. The maximum Gasteiger partial charge on any atom is 0.251 e. The van der Waals surface area contributed by atoms with Gasteiger partial charge in [-0.25, -0.2) is 0 Å². The molecule has 2 aromatic carbocycles. The summed E-state index contributed by atoms with van der Waals surface area (Å²) in [7, 11) is 1.73. The smallest absolute Gasteiger partial charge is 0.251 e. The van der Waals surface area contributed by atoms with Gasteiger partial charge < -0.3 is 16.0 Å². The van der Waals surface area contributed by atoms with Crippen molar-refractivity contribution < 1.29 is 4.79 Å². The molecule has 0 aliphatic rings. The number of rotatable bonds is 6. The molecule has 1 amide bonds. The summed E-state index contributed by atoms with van der Waals surface area (Å²) in [6.45, 7) is 3.87. The van der Waals surface area contributed by atoms with Gasteiger partial charge in [0.1, 0.15) is 0 Å². The lowest BCUT2D eigenvalue weighted by atomic mass is 10.1. The molecule has 3 N–H and O–H groups in total. The van der Waals surface area contributed by atoms with Crippen molar-refractivity contribution in [1.29, 1.82) is 0 Å². The van der Waals surface area contributed by atoms with E-state index in [9.17, 15) is 4.79 Å². The first-order chi connectivity index (χ1) is 12.1. The maximum atomic E-state index is 12.0. The number of hydrogen-bond donors (Lipinski definition) is 3. The molecule has 5 nitrogen and oxygen atoms in total. The molecule has 2 rings (SSSR count). The molecule has 0 spiro atoms. The fourth-order valence-corrected chi connectivity index (χ4v) is 2.60. The Morgan fingerprint density at radius 2 is 1.73 bits per heavy atom. The number of hydrogen-bond acceptors (Lipinski definition) is 2. The van der Waals surface area contributed by atoms with Crippen LogP contribution in [0.4, 0.5) is 0 Å². The van der Waals surface area contributed by atoms with Crippen molar-refractivity contribution >= 4 is 51.8 Å². The topological polar surface area (TPSA) is 65.5 Å². The molecule has 7 heteroatoms. The summed E-state index contributed by atoms with van der Waals surface area (Å²) < 4.78 is 0.888. The highest BCUT2D eigenvalue weighted by Gasteiger charge is 2.05. The standard InChI is InChI=1S/C19H23BrN4O.HI/c1-14-6-8-15(9-7-14)13-24-19(21-2)23-11-10-22-18(25)16-4-3-5-17(20)12-16;/h3-9,12H,10-11,13H2,1-2H3,(H,22,25)(H2,21,23,24);1H. The Morgan fingerprint density at radius 3 is 2.38 bits per heavy atom. The lowest BCUT2D eigenvalue weighted by molar-refractivity contribution is 0.0954. The van der Waals surface area contributed by atoms with Crippen molar-refractivity contribution in [3.63, 3.8) is 0 Å². The normalized spacial score (nSPS) is 10.7. The molecule has 0 bridgehead atoms. The molecule has 0 unspecified atom stereocenters. The van der Waals surface area contributed by atoms with Gasteiger partial charge in [0.05, 0.1) is 0 Å². The van der Waals surface area contributed by atoms with E-state index in [0.717, 1.165) is 4.47 Å². The Hall–Kier alpha value is -1.61. The zero-order chi connectivity index (χ0) is 18.1. The van der Waals surface area contributed by atoms with E-state index in [-0.39, 0.29) is 29.9 Å². The van der Waals surface area contributed by atoms with Gasteiger partial charge in [0, 0.05) is 36.7 Å². The van der Waals surface area contributed by atoms with Crippen LogP contribution >= 0.6 is 39.9 Å². The summed E-state index contributed by atoms with van der Waals surface area (Å²) in [5.41, 5.74) is 3.07. The minimum Gasteiger partial charge on any atom is -0.355 e. The maximum absolute atomic E-state index is 12.0. The molecule has 0 saturated carbocycles. The number of amides is 1. The molecule has 0 atom stereocenters. The number of nitrogens with zero attached hydrogens (tertiary/aromatic N) is 1. The van der Waals surface area contributed by atoms with E-state index in [1.807, 2.05) is 12.1 Å². The first kappa shape index (κ1) is 22.4. The van der Waals surface area contributed by atoms with Gasteiger partial charge in [0.15, 0.2) is 5.96 Å². The summed E-state index contributed by atoms with van der Waals surface area (Å²) in [5.74, 6) is 0.614. The number of halogens is 2. The SMILES string of the molecule is CN=C(NCCNC(=O)c1cccc(Br)c1)NCc1ccc(C)cc1.I. The lowest BCUT2D eigenvalue weighted by Crippen LogP contribution is -2.41. The number of aliphatic imine (C=N–C) groups is 1. The number of carbonyl (C=O) groups is 1. The van der Waals surface area contributed by atoms with Gasteiger partial charge in [-0.1, -0.05) is 51.8 Å². The Morgan fingerprint density at radius 1 is 1.04 bits per heavy atom. The van der Waals surface area contributed by atoms with Gasteiger partial charge in [0.2, 0.25) is 0 Å². The van der Waals surface area contributed by atoms with Crippen molar-refractivity contribution in [2.24, 2.45) is 4.99 Å². The van der Waals surface area contributed by atoms with E-state index in [1.165, 1.54) is 11.1 Å². The van der Waals surface area contributed by atoms with Crippen LogP contribution in [0.25, 0.3) is 0 Å². The first-order valence-corrected chi connectivity index (χ1v) is 8.91. The van der Waals surface area contributed by atoms with Crippen molar-refractivity contribution in [3.05, 3.63) is 69.7 Å². The van der Waals surface area contributed by atoms with E-state index < -0.39 is 0 Å². The third kappa shape index (κ3) is 7.74. The van der Waals surface area contributed by atoms with Crippen LogP contribution in [0.1, 0.15) is 21.5 Å². The third-order valence-corrected chi connectivity index (χ3v) is 4.09. The summed E-state index contributed by atoms with van der Waals surface area (Å²) >= 11 is 3.36. The fourth-order valence-electron chi connectivity index (χ4n) is 2.20. The zero-order valence-electron chi connectivity index (χ0n) is 14.9. The Bertz CT molecular complexity index is 735. The van der Waals surface area contributed by atoms with Crippen molar-refractivity contribution in [2.75, 3.05) is 20.1 Å². The molecular formula is C19H24BrIN4O. The summed E-state index contributed by atoms with van der Waals surface area (Å²) in [4.78, 5) is 16.2. The monoisotopic (exact) mass is 530 g/mol. The van der Waals surface area contributed by atoms with E-state index in [0.29, 0.717) is 31.2 Å². The van der Waals surface area contributed by atoms with E-state index in [2.05, 4.69) is 68.1 Å². The van der Waals surface area contributed by atoms with Gasteiger partial charge in [-0.05, 0) is 30.7 Å². The zero-order valence-corrected chi connectivity index (χ0v) is 18.8. The van der Waals surface area contributed by atoms with Crippen LogP contribution in [0.3, 0.4) is 0 Å². The predicted octanol–water partition coefficient (Wildman–Crippen LogP) is 3.47. The van der Waals surface area contributed by atoms with Crippen LogP contribution in [0.5, 0.6) is 0 Å². The third-order valence-electron chi connectivity index (χ3n) is 3.59. The van der Waals surface area contributed by atoms with Crippen LogP contribution in [0.2, 0.25) is 0 Å². The van der Waals surface area contributed by atoms with Gasteiger partial charge in [-0.3, -0.25) is 9.79 Å². The summed E-state index contributed by atoms with van der Waals surface area (Å²) in [6, 6.07) is 15.7. The van der Waals surface area contributed by atoms with E-state index >= 15 is 0 Å². The second kappa shape index (κ2) is 11.9. The van der Waals surface area contributed by atoms with Crippen LogP contribution in [-0.4, -0.2) is 32.0 Å². The minimum atomic E-state index is -0.0919. The van der Waals surface area contributed by atoms with Crippen LogP contribution in [-0.2, 0) is 6.54 Å². The molecule has 140 valence electrons. The quantitative estimate of drug-likeness (QED) is 0.232. The molecular weight excluding hydrogens is 507 g/mol. The van der Waals surface area contributed by atoms with E-state index in [4.69, 9.17) is 0 Å². The highest BCUT2D eigenvalue weighted by atomic mass is 127. The van der Waals surface area contributed by atoms with E-state index in [1.54, 1.807) is 19.2 Å². The molecule has 0 aliphatic carbocycles. The lowest BCUT2D eigenvalue weighted by Gasteiger charge is -2.12. The van der Waals surface area contributed by atoms with Gasteiger partial charge in [-0.2, -0.15) is 0 Å². The van der Waals surface area contributed by atoms with Crippen LogP contribution in [0.15, 0.2) is 58.0 Å².